The third-order valence-electron chi connectivity index (χ3n) is 3.19. The molecule has 2 rings (SSSR count). The fourth-order valence-corrected chi connectivity index (χ4v) is 2.00. The van der Waals surface area contributed by atoms with Crippen LogP contribution < -0.4 is 0 Å². The minimum absolute atomic E-state index is 0.0546. The molecule has 1 nitrogen and oxygen atoms in total. The SMILES string of the molecule is CC(c1ccccc1)c1ccc(C(=O)C(F)F)cc1. The molecule has 0 aliphatic heterocycles. The first-order valence-corrected chi connectivity index (χ1v) is 6.07. The summed E-state index contributed by atoms with van der Waals surface area (Å²) in [6.45, 7) is 2.04. The van der Waals surface area contributed by atoms with Crippen LogP contribution in [-0.2, 0) is 0 Å². The van der Waals surface area contributed by atoms with Crippen molar-refractivity contribution in [3.05, 3.63) is 71.3 Å². The number of Topliss-reactive ketones (excluding diaryl/α,β-unsaturated/α-hetero) is 1. The zero-order valence-corrected chi connectivity index (χ0v) is 10.5. The second-order valence-electron chi connectivity index (χ2n) is 4.42. The van der Waals surface area contributed by atoms with Gasteiger partial charge >= 0.3 is 6.43 Å². The smallest absolute Gasteiger partial charge is 0.288 e. The maximum absolute atomic E-state index is 12.3. The number of benzene rings is 2. The molecule has 2 aromatic carbocycles. The molecule has 0 fully saturated rings. The van der Waals surface area contributed by atoms with Gasteiger partial charge in [0.25, 0.3) is 0 Å². The number of halogens is 2. The molecule has 0 aromatic heterocycles. The van der Waals surface area contributed by atoms with E-state index in [2.05, 4.69) is 0 Å². The van der Waals surface area contributed by atoms with Gasteiger partial charge in [-0.05, 0) is 11.1 Å². The molecule has 0 radical (unpaired) electrons. The minimum atomic E-state index is -2.95. The van der Waals surface area contributed by atoms with Gasteiger partial charge in [-0.25, -0.2) is 8.78 Å². The van der Waals surface area contributed by atoms with Crippen molar-refractivity contribution >= 4 is 5.78 Å². The van der Waals surface area contributed by atoms with E-state index in [1.165, 1.54) is 12.1 Å². The average molecular weight is 260 g/mol. The Morgan fingerprint density at radius 3 is 1.95 bits per heavy atom. The predicted octanol–water partition coefficient (Wildman–Crippen LogP) is 4.29. The van der Waals surface area contributed by atoms with Gasteiger partial charge in [-0.2, -0.15) is 0 Å². The molecule has 0 spiro atoms. The largest absolute Gasteiger partial charge is 0.300 e. The fraction of sp³-hybridized carbons (Fsp3) is 0.188. The lowest BCUT2D eigenvalue weighted by Gasteiger charge is -2.12. The Bertz CT molecular complexity index is 547. The standard InChI is InChI=1S/C16H14F2O/c1-11(12-5-3-2-4-6-12)13-7-9-14(10-8-13)15(19)16(17)18/h2-11,16H,1H3. The van der Waals surface area contributed by atoms with Gasteiger partial charge < -0.3 is 0 Å². The highest BCUT2D eigenvalue weighted by molar-refractivity contribution is 5.98. The zero-order chi connectivity index (χ0) is 13.8. The van der Waals surface area contributed by atoms with E-state index in [0.29, 0.717) is 0 Å². The van der Waals surface area contributed by atoms with Crippen molar-refractivity contribution in [3.63, 3.8) is 0 Å². The quantitative estimate of drug-likeness (QED) is 0.750. The van der Waals surface area contributed by atoms with Crippen LogP contribution in [0.25, 0.3) is 0 Å². The summed E-state index contributed by atoms with van der Waals surface area (Å²) in [5, 5.41) is 0. The van der Waals surface area contributed by atoms with Gasteiger partial charge in [-0.15, -0.1) is 0 Å². The molecule has 0 heterocycles. The Morgan fingerprint density at radius 2 is 1.42 bits per heavy atom. The third-order valence-corrected chi connectivity index (χ3v) is 3.19. The molecule has 1 atom stereocenters. The molecular formula is C16H14F2O. The van der Waals surface area contributed by atoms with Gasteiger partial charge in [0.05, 0.1) is 0 Å². The Hall–Kier alpha value is -2.03. The van der Waals surface area contributed by atoms with Crippen molar-refractivity contribution in [2.75, 3.05) is 0 Å². The third kappa shape index (κ3) is 3.05. The average Bonchev–Trinajstić information content (AvgIpc) is 2.46. The molecule has 0 saturated heterocycles. The lowest BCUT2D eigenvalue weighted by atomic mass is 9.92. The molecule has 0 N–H and O–H groups in total. The summed E-state index contributed by atoms with van der Waals surface area (Å²) < 4.78 is 24.6. The summed E-state index contributed by atoms with van der Waals surface area (Å²) in [4.78, 5) is 11.1. The van der Waals surface area contributed by atoms with Crippen LogP contribution in [0.1, 0.15) is 34.3 Å². The Kier molecular flexibility index (Phi) is 4.05. The predicted molar refractivity (Wildman–Crippen MR) is 70.7 cm³/mol. The van der Waals surface area contributed by atoms with Gasteiger partial charge in [0.15, 0.2) is 0 Å². The molecule has 0 aliphatic carbocycles. The van der Waals surface area contributed by atoms with Gasteiger partial charge in [0, 0.05) is 11.5 Å². The number of alkyl halides is 2. The van der Waals surface area contributed by atoms with Crippen LogP contribution >= 0.6 is 0 Å². The molecule has 0 amide bonds. The van der Waals surface area contributed by atoms with E-state index in [1.807, 2.05) is 37.3 Å². The number of carbonyl (C=O) groups is 1. The van der Waals surface area contributed by atoms with Crippen molar-refractivity contribution in [1.82, 2.24) is 0 Å². The van der Waals surface area contributed by atoms with Gasteiger partial charge in [-0.3, -0.25) is 4.79 Å². The second kappa shape index (κ2) is 5.74. The first kappa shape index (κ1) is 13.4. The Labute approximate surface area is 110 Å². The van der Waals surface area contributed by atoms with Crippen LogP contribution in [0.5, 0.6) is 0 Å². The van der Waals surface area contributed by atoms with E-state index >= 15 is 0 Å². The summed E-state index contributed by atoms with van der Waals surface area (Å²) in [5.41, 5.74) is 2.20. The first-order chi connectivity index (χ1) is 9.09. The molecule has 2 aromatic rings. The summed E-state index contributed by atoms with van der Waals surface area (Å²) >= 11 is 0. The topological polar surface area (TPSA) is 17.1 Å². The molecule has 19 heavy (non-hydrogen) atoms. The Morgan fingerprint density at radius 1 is 0.895 bits per heavy atom. The Balaban J connectivity index is 2.21. The second-order valence-corrected chi connectivity index (χ2v) is 4.42. The number of carbonyl (C=O) groups excluding carboxylic acids is 1. The highest BCUT2D eigenvalue weighted by Gasteiger charge is 2.17. The summed E-state index contributed by atoms with van der Waals surface area (Å²) in [6, 6.07) is 16.3. The van der Waals surface area contributed by atoms with Gasteiger partial charge in [0.2, 0.25) is 5.78 Å². The van der Waals surface area contributed by atoms with Gasteiger partial charge in [0.1, 0.15) is 0 Å². The van der Waals surface area contributed by atoms with E-state index in [-0.39, 0.29) is 11.5 Å². The van der Waals surface area contributed by atoms with Crippen LogP contribution in [0.15, 0.2) is 54.6 Å². The van der Waals surface area contributed by atoms with Crippen molar-refractivity contribution in [2.24, 2.45) is 0 Å². The molecule has 3 heteroatoms. The minimum Gasteiger partial charge on any atom is -0.288 e. The van der Waals surface area contributed by atoms with Gasteiger partial charge in [-0.1, -0.05) is 61.5 Å². The molecule has 0 aliphatic rings. The molecule has 1 unspecified atom stereocenters. The van der Waals surface area contributed by atoms with Crippen LogP contribution in [-0.4, -0.2) is 12.2 Å². The fourth-order valence-electron chi connectivity index (χ4n) is 2.00. The maximum atomic E-state index is 12.3. The number of ketones is 1. The van der Waals surface area contributed by atoms with E-state index < -0.39 is 12.2 Å². The van der Waals surface area contributed by atoms with Crippen LogP contribution in [0, 0.1) is 0 Å². The van der Waals surface area contributed by atoms with Crippen LogP contribution in [0.2, 0.25) is 0 Å². The highest BCUT2D eigenvalue weighted by Crippen LogP contribution is 2.24. The lowest BCUT2D eigenvalue weighted by Crippen LogP contribution is -2.10. The molecule has 0 bridgehead atoms. The summed E-state index contributed by atoms with van der Waals surface area (Å²) in [6.07, 6.45) is -2.95. The van der Waals surface area contributed by atoms with Crippen LogP contribution in [0.3, 0.4) is 0 Å². The normalized spacial score (nSPS) is 12.4. The summed E-state index contributed by atoms with van der Waals surface area (Å²) in [5.74, 6) is -0.962. The molecular weight excluding hydrogens is 246 g/mol. The molecule has 0 saturated carbocycles. The maximum Gasteiger partial charge on any atom is 0.300 e. The van der Waals surface area contributed by atoms with E-state index in [0.717, 1.165) is 11.1 Å². The van der Waals surface area contributed by atoms with Crippen LogP contribution in [0.4, 0.5) is 8.78 Å². The van der Waals surface area contributed by atoms with E-state index in [4.69, 9.17) is 0 Å². The van der Waals surface area contributed by atoms with Crippen molar-refractivity contribution in [3.8, 4) is 0 Å². The monoisotopic (exact) mass is 260 g/mol. The number of hydrogen-bond donors (Lipinski definition) is 0. The summed E-state index contributed by atoms with van der Waals surface area (Å²) in [7, 11) is 0. The van der Waals surface area contributed by atoms with Crippen molar-refractivity contribution in [1.29, 1.82) is 0 Å². The van der Waals surface area contributed by atoms with Crippen molar-refractivity contribution in [2.45, 2.75) is 19.3 Å². The highest BCUT2D eigenvalue weighted by atomic mass is 19.3. The van der Waals surface area contributed by atoms with E-state index in [1.54, 1.807) is 12.1 Å². The lowest BCUT2D eigenvalue weighted by molar-refractivity contribution is 0.0679. The first-order valence-electron chi connectivity index (χ1n) is 6.07. The number of rotatable bonds is 4. The van der Waals surface area contributed by atoms with Crippen molar-refractivity contribution < 1.29 is 13.6 Å². The number of hydrogen-bond acceptors (Lipinski definition) is 1. The molecule has 98 valence electrons. The zero-order valence-electron chi connectivity index (χ0n) is 10.5. The van der Waals surface area contributed by atoms with E-state index in [9.17, 15) is 13.6 Å².